The van der Waals surface area contributed by atoms with Crippen molar-refractivity contribution in [1.82, 2.24) is 0 Å². The first-order chi connectivity index (χ1) is 20.4. The lowest BCUT2D eigenvalue weighted by Gasteiger charge is -2.11. The lowest BCUT2D eigenvalue weighted by molar-refractivity contribution is 0.0731. The van der Waals surface area contributed by atoms with Crippen molar-refractivity contribution < 1.29 is 37.7 Å². The molecule has 8 nitrogen and oxygen atoms in total. The first-order valence-electron chi connectivity index (χ1n) is 13.0. The van der Waals surface area contributed by atoms with Gasteiger partial charge in [-0.25, -0.2) is 4.79 Å². The van der Waals surface area contributed by atoms with E-state index >= 15 is 0 Å². The summed E-state index contributed by atoms with van der Waals surface area (Å²) < 4.78 is 33.4. The van der Waals surface area contributed by atoms with Crippen molar-refractivity contribution in [2.45, 2.75) is 0 Å². The minimum absolute atomic E-state index is 0.205. The number of methoxy groups -OCH3 is 4. The van der Waals surface area contributed by atoms with Crippen LogP contribution in [0.2, 0.25) is 0 Å². The van der Waals surface area contributed by atoms with Gasteiger partial charge in [-0.15, -0.1) is 0 Å². The summed E-state index contributed by atoms with van der Waals surface area (Å²) in [5.74, 6) is 1.56. The zero-order chi connectivity index (χ0) is 29.6. The van der Waals surface area contributed by atoms with E-state index in [1.165, 1.54) is 27.4 Å². The Morgan fingerprint density at radius 1 is 0.690 bits per heavy atom. The van der Waals surface area contributed by atoms with Crippen molar-refractivity contribution in [3.05, 3.63) is 108 Å². The molecule has 0 saturated heterocycles. The first kappa shape index (κ1) is 28.0. The van der Waals surface area contributed by atoms with Gasteiger partial charge in [0.05, 0.1) is 34.0 Å². The number of benzene rings is 4. The van der Waals surface area contributed by atoms with E-state index in [0.29, 0.717) is 50.9 Å². The number of esters is 1. The predicted molar refractivity (Wildman–Crippen MR) is 159 cm³/mol. The molecule has 0 aliphatic heterocycles. The van der Waals surface area contributed by atoms with Crippen LogP contribution in [0.4, 0.5) is 0 Å². The average molecular weight is 565 g/mol. The van der Waals surface area contributed by atoms with Crippen LogP contribution in [0.5, 0.6) is 28.7 Å². The summed E-state index contributed by atoms with van der Waals surface area (Å²) in [6.07, 6.45) is 3.06. The third-order valence-electron chi connectivity index (χ3n) is 6.62. The highest BCUT2D eigenvalue weighted by Crippen LogP contribution is 2.37. The summed E-state index contributed by atoms with van der Waals surface area (Å²) in [6, 6.07) is 24.6. The van der Waals surface area contributed by atoms with E-state index in [1.807, 2.05) is 30.3 Å². The number of furan rings is 1. The summed E-state index contributed by atoms with van der Waals surface area (Å²) in [5.41, 5.74) is 2.53. The number of ketones is 1. The Bertz CT molecular complexity index is 1780. The van der Waals surface area contributed by atoms with Gasteiger partial charge in [0.15, 0.2) is 17.3 Å². The predicted octanol–water partition coefficient (Wildman–Crippen LogP) is 7.25. The molecule has 0 fully saturated rings. The zero-order valence-corrected chi connectivity index (χ0v) is 23.5. The molecule has 0 aliphatic rings. The molecule has 1 heterocycles. The molecule has 0 aliphatic carbocycles. The molecular weight excluding hydrogens is 536 g/mol. The average Bonchev–Trinajstić information content (AvgIpc) is 3.43. The molecule has 0 N–H and O–H groups in total. The normalized spacial score (nSPS) is 11.0. The maximum atomic E-state index is 13.7. The SMILES string of the molecule is COc1ccc(OC)c(C(=O)/C=C/c2ccc(OC(=O)c3c(-c4ccccc4)oc4ccc(OC)cc34)c(OC)c2)c1. The summed E-state index contributed by atoms with van der Waals surface area (Å²) in [4.78, 5) is 26.6. The Labute approximate surface area is 242 Å². The van der Waals surface area contributed by atoms with Gasteiger partial charge in [0.25, 0.3) is 0 Å². The van der Waals surface area contributed by atoms with E-state index in [0.717, 1.165) is 5.56 Å². The fourth-order valence-electron chi connectivity index (χ4n) is 4.49. The molecule has 8 heteroatoms. The van der Waals surface area contributed by atoms with Gasteiger partial charge in [-0.3, -0.25) is 4.79 Å². The monoisotopic (exact) mass is 564 g/mol. The van der Waals surface area contributed by atoms with Crippen molar-refractivity contribution >= 4 is 28.8 Å². The van der Waals surface area contributed by atoms with Gasteiger partial charge >= 0.3 is 5.97 Å². The standard InChI is InChI=1S/C34H28O8/c1-37-23-12-16-28(39-3)25(19-23)27(35)14-10-21-11-15-30(31(18-21)40-4)42-34(36)32-26-20-24(38-2)13-17-29(26)41-33(32)22-8-6-5-7-9-22/h5-20H,1-4H3/b14-10+. The highest BCUT2D eigenvalue weighted by atomic mass is 16.6. The van der Waals surface area contributed by atoms with Crippen LogP contribution in [0.3, 0.4) is 0 Å². The first-order valence-corrected chi connectivity index (χ1v) is 13.0. The van der Waals surface area contributed by atoms with Gasteiger partial charge in [0.2, 0.25) is 0 Å². The molecule has 0 atom stereocenters. The molecule has 0 radical (unpaired) electrons. The number of carbonyl (C=O) groups is 2. The van der Waals surface area contributed by atoms with Crippen LogP contribution in [0, 0.1) is 0 Å². The third kappa shape index (κ3) is 5.69. The lowest BCUT2D eigenvalue weighted by Crippen LogP contribution is -2.10. The number of fused-ring (bicyclic) bond motifs is 1. The van der Waals surface area contributed by atoms with Crippen molar-refractivity contribution in [1.29, 1.82) is 0 Å². The molecule has 0 unspecified atom stereocenters. The largest absolute Gasteiger partial charge is 0.497 e. The van der Waals surface area contributed by atoms with Crippen molar-refractivity contribution in [2.75, 3.05) is 28.4 Å². The lowest BCUT2D eigenvalue weighted by atomic mass is 10.1. The van der Waals surface area contributed by atoms with Crippen LogP contribution in [0.25, 0.3) is 28.4 Å². The van der Waals surface area contributed by atoms with Crippen LogP contribution in [-0.2, 0) is 0 Å². The van der Waals surface area contributed by atoms with Gasteiger partial charge in [-0.05, 0) is 60.2 Å². The Morgan fingerprint density at radius 3 is 2.10 bits per heavy atom. The molecule has 5 rings (SSSR count). The maximum Gasteiger partial charge on any atom is 0.348 e. The summed E-state index contributed by atoms with van der Waals surface area (Å²) in [5, 5.41) is 0.559. The van der Waals surface area contributed by atoms with Crippen molar-refractivity contribution in [3.63, 3.8) is 0 Å². The Kier molecular flexibility index (Phi) is 8.24. The number of ether oxygens (including phenoxy) is 5. The van der Waals surface area contributed by atoms with Crippen LogP contribution in [-0.4, -0.2) is 40.2 Å². The molecule has 5 aromatic rings. The number of hydrogen-bond donors (Lipinski definition) is 0. The number of carbonyl (C=O) groups excluding carboxylic acids is 2. The van der Waals surface area contributed by atoms with Crippen LogP contribution in [0.1, 0.15) is 26.3 Å². The molecular formula is C34H28O8. The second kappa shape index (κ2) is 12.3. The molecule has 0 amide bonds. The molecule has 212 valence electrons. The maximum absolute atomic E-state index is 13.7. The smallest absolute Gasteiger partial charge is 0.348 e. The minimum Gasteiger partial charge on any atom is -0.497 e. The number of allylic oxidation sites excluding steroid dienone is 1. The molecule has 1 aromatic heterocycles. The molecule has 4 aromatic carbocycles. The van der Waals surface area contributed by atoms with Crippen LogP contribution < -0.4 is 23.7 Å². The van der Waals surface area contributed by atoms with E-state index in [-0.39, 0.29) is 17.1 Å². The Morgan fingerprint density at radius 2 is 1.38 bits per heavy atom. The summed E-state index contributed by atoms with van der Waals surface area (Å²) in [7, 11) is 6.05. The quantitative estimate of drug-likeness (QED) is 0.0758. The van der Waals surface area contributed by atoms with Gasteiger partial charge in [0, 0.05) is 10.9 Å². The zero-order valence-electron chi connectivity index (χ0n) is 23.5. The third-order valence-corrected chi connectivity index (χ3v) is 6.62. The molecule has 42 heavy (non-hydrogen) atoms. The number of rotatable bonds is 10. The van der Waals surface area contributed by atoms with E-state index in [1.54, 1.807) is 67.8 Å². The fourth-order valence-corrected chi connectivity index (χ4v) is 4.49. The van der Waals surface area contributed by atoms with Gasteiger partial charge in [-0.2, -0.15) is 0 Å². The van der Waals surface area contributed by atoms with E-state index < -0.39 is 5.97 Å². The second-order valence-electron chi connectivity index (χ2n) is 9.10. The van der Waals surface area contributed by atoms with Crippen LogP contribution >= 0.6 is 0 Å². The summed E-state index contributed by atoms with van der Waals surface area (Å²) >= 11 is 0. The van der Waals surface area contributed by atoms with E-state index in [2.05, 4.69) is 0 Å². The molecule has 0 bridgehead atoms. The topological polar surface area (TPSA) is 93.4 Å². The fraction of sp³-hybridized carbons (Fsp3) is 0.118. The summed E-state index contributed by atoms with van der Waals surface area (Å²) in [6.45, 7) is 0. The second-order valence-corrected chi connectivity index (χ2v) is 9.10. The van der Waals surface area contributed by atoms with Gasteiger partial charge in [0.1, 0.15) is 34.2 Å². The van der Waals surface area contributed by atoms with Gasteiger partial charge < -0.3 is 28.1 Å². The highest BCUT2D eigenvalue weighted by Gasteiger charge is 2.25. The van der Waals surface area contributed by atoms with Crippen LogP contribution in [0.15, 0.2) is 95.4 Å². The highest BCUT2D eigenvalue weighted by molar-refractivity contribution is 6.10. The van der Waals surface area contributed by atoms with Crippen molar-refractivity contribution in [2.24, 2.45) is 0 Å². The minimum atomic E-state index is -0.622. The number of hydrogen-bond acceptors (Lipinski definition) is 8. The Hall–Kier alpha value is -5.50. The molecule has 0 saturated carbocycles. The molecule has 0 spiro atoms. The van der Waals surface area contributed by atoms with Crippen molar-refractivity contribution in [3.8, 4) is 40.1 Å². The Balaban J connectivity index is 1.44. The van der Waals surface area contributed by atoms with E-state index in [4.69, 9.17) is 28.1 Å². The van der Waals surface area contributed by atoms with Gasteiger partial charge in [-0.1, -0.05) is 42.5 Å². The van der Waals surface area contributed by atoms with E-state index in [9.17, 15) is 9.59 Å².